The molecule has 1 aromatic heterocycles. The van der Waals surface area contributed by atoms with Crippen molar-refractivity contribution in [2.24, 2.45) is 0 Å². The number of rotatable bonds is 7. The van der Waals surface area contributed by atoms with Gasteiger partial charge in [0.25, 0.3) is 0 Å². The number of aryl methyl sites for hydroxylation is 1. The zero-order valence-corrected chi connectivity index (χ0v) is 11.7. The summed E-state index contributed by atoms with van der Waals surface area (Å²) in [6.07, 6.45) is 5.51. The SMILES string of the molecule is CCCn1ccc(CNc2ccccc2COC)c1. The minimum Gasteiger partial charge on any atom is -0.381 e. The van der Waals surface area contributed by atoms with Crippen LogP contribution < -0.4 is 5.32 Å². The lowest BCUT2D eigenvalue weighted by Crippen LogP contribution is -2.02. The lowest BCUT2D eigenvalue weighted by atomic mass is 10.2. The molecule has 0 aliphatic rings. The average molecular weight is 258 g/mol. The van der Waals surface area contributed by atoms with Crippen molar-refractivity contribution in [3.05, 3.63) is 53.9 Å². The molecular weight excluding hydrogens is 236 g/mol. The molecule has 0 fully saturated rings. The van der Waals surface area contributed by atoms with E-state index < -0.39 is 0 Å². The molecule has 1 N–H and O–H groups in total. The van der Waals surface area contributed by atoms with E-state index in [1.54, 1.807) is 7.11 Å². The number of nitrogens with one attached hydrogen (secondary N) is 1. The molecule has 102 valence electrons. The van der Waals surface area contributed by atoms with Crippen LogP contribution in [0, 0.1) is 0 Å². The van der Waals surface area contributed by atoms with Crippen LogP contribution in [0.1, 0.15) is 24.5 Å². The van der Waals surface area contributed by atoms with Crippen molar-refractivity contribution in [2.75, 3.05) is 12.4 Å². The van der Waals surface area contributed by atoms with Crippen LogP contribution in [0.15, 0.2) is 42.7 Å². The average Bonchev–Trinajstić information content (AvgIpc) is 2.86. The van der Waals surface area contributed by atoms with E-state index in [1.807, 2.05) is 12.1 Å². The summed E-state index contributed by atoms with van der Waals surface area (Å²) < 4.78 is 7.45. The summed E-state index contributed by atoms with van der Waals surface area (Å²) in [4.78, 5) is 0. The van der Waals surface area contributed by atoms with Crippen LogP contribution >= 0.6 is 0 Å². The Balaban J connectivity index is 1.97. The van der Waals surface area contributed by atoms with E-state index in [2.05, 4.69) is 47.4 Å². The van der Waals surface area contributed by atoms with Gasteiger partial charge >= 0.3 is 0 Å². The molecule has 2 aromatic rings. The lowest BCUT2D eigenvalue weighted by molar-refractivity contribution is 0.185. The summed E-state index contributed by atoms with van der Waals surface area (Å²) in [6.45, 7) is 4.76. The third-order valence-corrected chi connectivity index (χ3v) is 3.09. The molecule has 0 amide bonds. The lowest BCUT2D eigenvalue weighted by Gasteiger charge is -2.10. The first-order chi connectivity index (χ1) is 9.33. The Morgan fingerprint density at radius 3 is 2.84 bits per heavy atom. The molecule has 0 saturated carbocycles. The molecule has 2 rings (SSSR count). The first-order valence-corrected chi connectivity index (χ1v) is 6.79. The summed E-state index contributed by atoms with van der Waals surface area (Å²) >= 11 is 0. The number of aromatic nitrogens is 1. The second-order valence-electron chi connectivity index (χ2n) is 4.70. The van der Waals surface area contributed by atoms with E-state index in [0.29, 0.717) is 6.61 Å². The zero-order valence-electron chi connectivity index (χ0n) is 11.7. The molecule has 0 spiro atoms. The summed E-state index contributed by atoms with van der Waals surface area (Å²) in [5.74, 6) is 0. The van der Waals surface area contributed by atoms with Crippen molar-refractivity contribution in [1.29, 1.82) is 0 Å². The van der Waals surface area contributed by atoms with Gasteiger partial charge in [-0.25, -0.2) is 0 Å². The normalized spacial score (nSPS) is 10.6. The fourth-order valence-corrected chi connectivity index (χ4v) is 2.16. The van der Waals surface area contributed by atoms with Gasteiger partial charge in [-0.1, -0.05) is 25.1 Å². The van der Waals surface area contributed by atoms with Gasteiger partial charge in [0.2, 0.25) is 0 Å². The van der Waals surface area contributed by atoms with Crippen molar-refractivity contribution in [3.63, 3.8) is 0 Å². The molecule has 0 atom stereocenters. The van der Waals surface area contributed by atoms with Crippen molar-refractivity contribution in [3.8, 4) is 0 Å². The molecule has 0 bridgehead atoms. The first kappa shape index (κ1) is 13.7. The Morgan fingerprint density at radius 1 is 1.21 bits per heavy atom. The van der Waals surface area contributed by atoms with Crippen LogP contribution in [0.4, 0.5) is 5.69 Å². The maximum atomic E-state index is 5.21. The van der Waals surface area contributed by atoms with Gasteiger partial charge in [0.1, 0.15) is 0 Å². The van der Waals surface area contributed by atoms with Crippen LogP contribution in [0.25, 0.3) is 0 Å². The topological polar surface area (TPSA) is 26.2 Å². The molecule has 0 aliphatic heterocycles. The maximum absolute atomic E-state index is 5.21. The highest BCUT2D eigenvalue weighted by atomic mass is 16.5. The Labute approximate surface area is 115 Å². The van der Waals surface area contributed by atoms with Gasteiger partial charge in [0.15, 0.2) is 0 Å². The molecule has 0 saturated heterocycles. The van der Waals surface area contributed by atoms with E-state index in [1.165, 1.54) is 11.1 Å². The van der Waals surface area contributed by atoms with Crippen LogP contribution in [0.2, 0.25) is 0 Å². The number of anilines is 1. The number of nitrogens with zero attached hydrogens (tertiary/aromatic N) is 1. The standard InChI is InChI=1S/C16H22N2O/c1-3-9-18-10-8-14(12-18)11-17-16-7-5-4-6-15(16)13-19-2/h4-8,10,12,17H,3,9,11,13H2,1-2H3. The molecule has 1 aromatic carbocycles. The fourth-order valence-electron chi connectivity index (χ4n) is 2.16. The largest absolute Gasteiger partial charge is 0.381 e. The second-order valence-corrected chi connectivity index (χ2v) is 4.70. The molecule has 3 heteroatoms. The first-order valence-electron chi connectivity index (χ1n) is 6.79. The summed E-state index contributed by atoms with van der Waals surface area (Å²) in [7, 11) is 1.72. The predicted octanol–water partition coefficient (Wildman–Crippen LogP) is 3.66. The Bertz CT molecular complexity index is 505. The Hall–Kier alpha value is -1.74. The van der Waals surface area contributed by atoms with Gasteiger partial charge in [-0.2, -0.15) is 0 Å². The van der Waals surface area contributed by atoms with Crippen molar-refractivity contribution < 1.29 is 4.74 Å². The monoisotopic (exact) mass is 258 g/mol. The molecule has 3 nitrogen and oxygen atoms in total. The Kier molecular flexibility index (Phi) is 5.04. The van der Waals surface area contributed by atoms with E-state index >= 15 is 0 Å². The van der Waals surface area contributed by atoms with Crippen LogP contribution in [0.5, 0.6) is 0 Å². The van der Waals surface area contributed by atoms with E-state index in [-0.39, 0.29) is 0 Å². The highest BCUT2D eigenvalue weighted by molar-refractivity contribution is 5.51. The summed E-state index contributed by atoms with van der Waals surface area (Å²) in [6, 6.07) is 10.4. The third-order valence-electron chi connectivity index (χ3n) is 3.09. The molecule has 0 radical (unpaired) electrons. The van der Waals surface area contributed by atoms with Crippen molar-refractivity contribution in [2.45, 2.75) is 33.0 Å². The fraction of sp³-hybridized carbons (Fsp3) is 0.375. The molecule has 1 heterocycles. The molecule has 19 heavy (non-hydrogen) atoms. The quantitative estimate of drug-likeness (QED) is 0.820. The van der Waals surface area contributed by atoms with Crippen molar-refractivity contribution >= 4 is 5.69 Å². The van der Waals surface area contributed by atoms with E-state index in [0.717, 1.165) is 25.2 Å². The van der Waals surface area contributed by atoms with E-state index in [4.69, 9.17) is 4.74 Å². The molecular formula is C16H22N2O. The molecule has 0 aliphatic carbocycles. The zero-order chi connectivity index (χ0) is 13.5. The number of hydrogen-bond donors (Lipinski definition) is 1. The Morgan fingerprint density at radius 2 is 2.05 bits per heavy atom. The number of methoxy groups -OCH3 is 1. The van der Waals surface area contributed by atoms with Gasteiger partial charge in [-0.15, -0.1) is 0 Å². The molecule has 0 unspecified atom stereocenters. The van der Waals surface area contributed by atoms with Crippen LogP contribution in [0.3, 0.4) is 0 Å². The van der Waals surface area contributed by atoms with Gasteiger partial charge in [-0.3, -0.25) is 0 Å². The van der Waals surface area contributed by atoms with Gasteiger partial charge in [-0.05, 0) is 24.1 Å². The summed E-state index contributed by atoms with van der Waals surface area (Å²) in [5, 5.41) is 3.48. The van der Waals surface area contributed by atoms with Gasteiger partial charge in [0, 0.05) is 43.8 Å². The predicted molar refractivity (Wildman–Crippen MR) is 79.2 cm³/mol. The summed E-state index contributed by atoms with van der Waals surface area (Å²) in [5.41, 5.74) is 3.64. The third kappa shape index (κ3) is 3.86. The van der Waals surface area contributed by atoms with Crippen molar-refractivity contribution in [1.82, 2.24) is 4.57 Å². The minimum absolute atomic E-state index is 0.639. The number of benzene rings is 1. The minimum atomic E-state index is 0.639. The number of para-hydroxylation sites is 1. The smallest absolute Gasteiger partial charge is 0.0733 e. The number of hydrogen-bond acceptors (Lipinski definition) is 2. The van der Waals surface area contributed by atoms with Gasteiger partial charge in [0.05, 0.1) is 6.61 Å². The highest BCUT2D eigenvalue weighted by Gasteiger charge is 2.02. The maximum Gasteiger partial charge on any atom is 0.0733 e. The van der Waals surface area contributed by atoms with Crippen LogP contribution in [-0.2, 0) is 24.4 Å². The highest BCUT2D eigenvalue weighted by Crippen LogP contribution is 2.17. The van der Waals surface area contributed by atoms with Crippen LogP contribution in [-0.4, -0.2) is 11.7 Å². The van der Waals surface area contributed by atoms with E-state index in [9.17, 15) is 0 Å². The van der Waals surface area contributed by atoms with Gasteiger partial charge < -0.3 is 14.6 Å². The number of ether oxygens (including phenoxy) is 1. The second kappa shape index (κ2) is 7.00.